The van der Waals surface area contributed by atoms with Crippen molar-refractivity contribution < 1.29 is 19.1 Å². The minimum atomic E-state index is -0.398. The quantitative estimate of drug-likeness (QED) is 0.331. The zero-order valence-corrected chi connectivity index (χ0v) is 21.8. The monoisotopic (exact) mass is 540 g/mol. The van der Waals surface area contributed by atoms with Gasteiger partial charge in [-0.1, -0.05) is 59.1 Å². The molecule has 4 rings (SSSR count). The van der Waals surface area contributed by atoms with Gasteiger partial charge < -0.3 is 10.1 Å². The van der Waals surface area contributed by atoms with E-state index < -0.39 is 5.91 Å². The fourth-order valence-corrected chi connectivity index (χ4v) is 4.62. The Balaban J connectivity index is 1.47. The number of hydrogen-bond acceptors (Lipinski definition) is 5. The number of halogens is 2. The Labute approximate surface area is 223 Å². The summed E-state index contributed by atoms with van der Waals surface area (Å²) in [5.41, 5.74) is 3.89. The third-order valence-corrected chi connectivity index (χ3v) is 6.96. The summed E-state index contributed by atoms with van der Waals surface area (Å²) in [6.07, 6.45) is 1.55. The number of thioether (sulfide) groups is 1. The number of carbonyl (C=O) groups excluding carboxylic acids is 3. The predicted molar refractivity (Wildman–Crippen MR) is 144 cm³/mol. The highest BCUT2D eigenvalue weighted by atomic mass is 35.5. The van der Waals surface area contributed by atoms with Gasteiger partial charge in [0, 0.05) is 21.3 Å². The molecule has 184 valence electrons. The minimum Gasteiger partial charge on any atom is -0.483 e. The molecule has 9 heteroatoms. The number of nitrogens with one attached hydrogen (secondary N) is 1. The summed E-state index contributed by atoms with van der Waals surface area (Å²) < 4.78 is 5.72. The molecule has 36 heavy (non-hydrogen) atoms. The zero-order valence-electron chi connectivity index (χ0n) is 19.5. The van der Waals surface area contributed by atoms with Crippen LogP contribution in [0.5, 0.6) is 5.75 Å². The number of ether oxygens (including phenoxy) is 1. The molecule has 0 radical (unpaired) electrons. The maximum atomic E-state index is 13.0. The molecule has 1 aliphatic rings. The van der Waals surface area contributed by atoms with Gasteiger partial charge in [-0.25, -0.2) is 0 Å². The topological polar surface area (TPSA) is 75.7 Å². The van der Waals surface area contributed by atoms with E-state index in [1.54, 1.807) is 36.4 Å². The smallest absolute Gasteiger partial charge is 0.293 e. The molecule has 0 bridgehead atoms. The Morgan fingerprint density at radius 2 is 1.78 bits per heavy atom. The van der Waals surface area contributed by atoms with E-state index in [1.807, 2.05) is 44.2 Å². The summed E-state index contributed by atoms with van der Waals surface area (Å²) in [5, 5.41) is 3.34. The molecule has 1 saturated heterocycles. The van der Waals surface area contributed by atoms with Crippen LogP contribution in [-0.2, 0) is 16.1 Å². The van der Waals surface area contributed by atoms with Crippen LogP contribution in [0, 0.1) is 13.8 Å². The Bertz CT molecular complexity index is 1370. The number of amides is 3. The lowest BCUT2D eigenvalue weighted by molar-refractivity contribution is -0.123. The second-order valence-electron chi connectivity index (χ2n) is 8.24. The molecule has 3 aromatic carbocycles. The summed E-state index contributed by atoms with van der Waals surface area (Å²) in [5.74, 6) is -0.429. The summed E-state index contributed by atoms with van der Waals surface area (Å²) in [7, 11) is 0. The molecule has 3 aromatic rings. The standard InChI is InChI=1S/C27H22Cl2N2O4S/c1-16-3-6-18(7-4-16)14-31-26(33)24(36-27(31)34)12-19-11-20(28)8-10-23(19)35-15-25(32)30-21-9-5-17(2)22(29)13-21/h3-13H,14-15H2,1-2H3,(H,30,32)/b24-12-. The van der Waals surface area contributed by atoms with Gasteiger partial charge in [0.15, 0.2) is 6.61 Å². The number of carbonyl (C=O) groups is 3. The molecule has 1 N–H and O–H groups in total. The van der Waals surface area contributed by atoms with Crippen molar-refractivity contribution in [1.29, 1.82) is 0 Å². The summed E-state index contributed by atoms with van der Waals surface area (Å²) in [6, 6.07) is 17.7. The van der Waals surface area contributed by atoms with Crippen LogP contribution in [0.15, 0.2) is 65.6 Å². The second kappa shape index (κ2) is 11.2. The fraction of sp³-hybridized carbons (Fsp3) is 0.148. The minimum absolute atomic E-state index is 0.185. The number of hydrogen-bond donors (Lipinski definition) is 1. The van der Waals surface area contributed by atoms with Crippen molar-refractivity contribution in [2.24, 2.45) is 0 Å². The van der Waals surface area contributed by atoms with Gasteiger partial charge in [0.1, 0.15) is 5.75 Å². The van der Waals surface area contributed by atoms with Crippen molar-refractivity contribution in [3.05, 3.63) is 97.9 Å². The Morgan fingerprint density at radius 1 is 1.03 bits per heavy atom. The molecule has 3 amide bonds. The van der Waals surface area contributed by atoms with Crippen LogP contribution in [0.25, 0.3) is 6.08 Å². The van der Waals surface area contributed by atoms with Crippen LogP contribution < -0.4 is 10.1 Å². The third-order valence-electron chi connectivity index (χ3n) is 5.41. The number of aryl methyl sites for hydroxylation is 2. The number of nitrogens with zero attached hydrogens (tertiary/aromatic N) is 1. The van der Waals surface area contributed by atoms with E-state index in [-0.39, 0.29) is 29.2 Å². The summed E-state index contributed by atoms with van der Waals surface area (Å²) in [4.78, 5) is 39.4. The van der Waals surface area contributed by atoms with Gasteiger partial charge >= 0.3 is 0 Å². The molecular formula is C27H22Cl2N2O4S. The van der Waals surface area contributed by atoms with Gasteiger partial charge in [-0.05, 0) is 73.1 Å². The van der Waals surface area contributed by atoms with E-state index in [9.17, 15) is 14.4 Å². The molecule has 0 atom stereocenters. The van der Waals surface area contributed by atoms with Crippen molar-refractivity contribution >= 4 is 63.8 Å². The Morgan fingerprint density at radius 3 is 2.50 bits per heavy atom. The van der Waals surface area contributed by atoms with Crippen molar-refractivity contribution in [1.82, 2.24) is 4.90 Å². The van der Waals surface area contributed by atoms with Crippen molar-refractivity contribution in [3.63, 3.8) is 0 Å². The first kappa shape index (κ1) is 25.8. The van der Waals surface area contributed by atoms with E-state index >= 15 is 0 Å². The highest BCUT2D eigenvalue weighted by Crippen LogP contribution is 2.35. The lowest BCUT2D eigenvalue weighted by Gasteiger charge is -2.13. The van der Waals surface area contributed by atoms with Crippen LogP contribution >= 0.6 is 35.0 Å². The molecular weight excluding hydrogens is 519 g/mol. The van der Waals surface area contributed by atoms with Crippen LogP contribution in [-0.4, -0.2) is 28.6 Å². The number of anilines is 1. The van der Waals surface area contributed by atoms with Crippen LogP contribution in [0.1, 0.15) is 22.3 Å². The normalized spacial score (nSPS) is 14.4. The first-order chi connectivity index (χ1) is 17.2. The van der Waals surface area contributed by atoms with Crippen molar-refractivity contribution in [2.45, 2.75) is 20.4 Å². The second-order valence-corrected chi connectivity index (χ2v) is 10.1. The highest BCUT2D eigenvalue weighted by Gasteiger charge is 2.35. The summed E-state index contributed by atoms with van der Waals surface area (Å²) in [6.45, 7) is 3.75. The predicted octanol–water partition coefficient (Wildman–Crippen LogP) is 6.86. The van der Waals surface area contributed by atoms with E-state index in [0.29, 0.717) is 27.0 Å². The SMILES string of the molecule is Cc1ccc(CN2C(=O)S/C(=C\c3cc(Cl)ccc3OCC(=O)Nc3ccc(C)c(Cl)c3)C2=O)cc1. The molecule has 1 fully saturated rings. The lowest BCUT2D eigenvalue weighted by Crippen LogP contribution is -2.27. The van der Waals surface area contributed by atoms with Gasteiger partial charge in [-0.3, -0.25) is 19.3 Å². The van der Waals surface area contributed by atoms with E-state index in [4.69, 9.17) is 27.9 Å². The molecule has 1 heterocycles. The fourth-order valence-electron chi connectivity index (χ4n) is 3.43. The molecule has 0 saturated carbocycles. The van der Waals surface area contributed by atoms with Gasteiger partial charge in [0.2, 0.25) is 0 Å². The maximum absolute atomic E-state index is 13.0. The average molecular weight is 541 g/mol. The number of rotatable bonds is 7. The molecule has 0 aliphatic carbocycles. The highest BCUT2D eigenvalue weighted by molar-refractivity contribution is 8.18. The molecule has 1 aliphatic heterocycles. The van der Waals surface area contributed by atoms with Crippen molar-refractivity contribution in [2.75, 3.05) is 11.9 Å². The van der Waals surface area contributed by atoms with Gasteiger partial charge in [0.05, 0.1) is 11.4 Å². The molecule has 0 aromatic heterocycles. The Hall–Kier alpha value is -3.26. The van der Waals surface area contributed by atoms with E-state index in [2.05, 4.69) is 5.32 Å². The van der Waals surface area contributed by atoms with Gasteiger partial charge in [0.25, 0.3) is 17.1 Å². The molecule has 6 nitrogen and oxygen atoms in total. The van der Waals surface area contributed by atoms with Gasteiger partial charge in [-0.15, -0.1) is 0 Å². The number of imide groups is 1. The largest absolute Gasteiger partial charge is 0.483 e. The summed E-state index contributed by atoms with van der Waals surface area (Å²) >= 11 is 13.1. The van der Waals surface area contributed by atoms with Gasteiger partial charge in [-0.2, -0.15) is 0 Å². The molecule has 0 unspecified atom stereocenters. The molecule has 0 spiro atoms. The first-order valence-corrected chi connectivity index (χ1v) is 12.6. The average Bonchev–Trinajstić information content (AvgIpc) is 3.09. The lowest BCUT2D eigenvalue weighted by atomic mass is 10.1. The van der Waals surface area contributed by atoms with E-state index in [1.165, 1.54) is 4.90 Å². The van der Waals surface area contributed by atoms with Crippen LogP contribution in [0.3, 0.4) is 0 Å². The van der Waals surface area contributed by atoms with Crippen LogP contribution in [0.2, 0.25) is 10.0 Å². The third kappa shape index (κ3) is 6.29. The van der Waals surface area contributed by atoms with Crippen molar-refractivity contribution in [3.8, 4) is 5.75 Å². The Kier molecular flexibility index (Phi) is 8.04. The van der Waals surface area contributed by atoms with E-state index in [0.717, 1.165) is 28.5 Å². The number of benzene rings is 3. The zero-order chi connectivity index (χ0) is 25.8. The maximum Gasteiger partial charge on any atom is 0.293 e. The first-order valence-electron chi connectivity index (χ1n) is 11.0. The van der Waals surface area contributed by atoms with Crippen LogP contribution in [0.4, 0.5) is 10.5 Å².